The molecule has 3 nitrogen and oxygen atoms in total. The molecule has 74 valence electrons. The number of nitrogens with zero attached hydrogens (tertiary/aromatic N) is 1. The van der Waals surface area contributed by atoms with Gasteiger partial charge in [-0.15, -0.1) is 0 Å². The highest BCUT2D eigenvalue weighted by atomic mass is 35.5. The van der Waals surface area contributed by atoms with Crippen LogP contribution in [-0.4, -0.2) is 16.3 Å². The smallest absolute Gasteiger partial charge is 0.170 e. The van der Waals surface area contributed by atoms with Crippen LogP contribution in [0.5, 0.6) is 0 Å². The second kappa shape index (κ2) is 4.43. The Hall–Kier alpha value is -1.08. The highest BCUT2D eigenvalue weighted by Gasteiger charge is 2.20. The van der Waals surface area contributed by atoms with Gasteiger partial charge in [-0.1, -0.05) is 29.8 Å². The summed E-state index contributed by atoms with van der Waals surface area (Å²) in [6, 6.07) is 6.64. The summed E-state index contributed by atoms with van der Waals surface area (Å²) >= 11 is 5.91. The lowest BCUT2D eigenvalue weighted by atomic mass is 10.0. The number of hydrogen-bond donors (Lipinski definition) is 2. The van der Waals surface area contributed by atoms with Crippen LogP contribution in [-0.2, 0) is 0 Å². The molecule has 0 bridgehead atoms. The Morgan fingerprint density at radius 1 is 1.43 bits per heavy atom. The topological polar surface area (TPSA) is 64.2 Å². The monoisotopic (exact) mass is 211 g/mol. The highest BCUT2D eigenvalue weighted by Crippen LogP contribution is 2.27. The zero-order valence-corrected chi connectivity index (χ0v) is 8.36. The molecule has 4 heteroatoms. The first-order valence-corrected chi connectivity index (χ1v) is 4.46. The zero-order chi connectivity index (χ0) is 10.7. The number of nitriles is 1. The van der Waals surface area contributed by atoms with Crippen molar-refractivity contribution in [2.45, 2.75) is 19.1 Å². The number of rotatable bonds is 2. The molecule has 0 saturated carbocycles. The van der Waals surface area contributed by atoms with Crippen molar-refractivity contribution in [2.75, 3.05) is 0 Å². The molecule has 14 heavy (non-hydrogen) atoms. The van der Waals surface area contributed by atoms with Crippen LogP contribution in [0.4, 0.5) is 0 Å². The van der Waals surface area contributed by atoms with Crippen molar-refractivity contribution < 1.29 is 10.2 Å². The Morgan fingerprint density at radius 2 is 2.07 bits per heavy atom. The Bertz CT molecular complexity index is 373. The third kappa shape index (κ3) is 2.05. The standard InChI is InChI=1S/C10H10ClNO2/c1-6-3-2-4-7(9(6)11)10(14)8(13)5-12/h2-4,8,10,13-14H,1H3. The normalized spacial score (nSPS) is 14.5. The maximum atomic E-state index is 9.54. The van der Waals surface area contributed by atoms with E-state index < -0.39 is 12.2 Å². The molecular formula is C10H10ClNO2. The van der Waals surface area contributed by atoms with Gasteiger partial charge in [0, 0.05) is 10.6 Å². The predicted octanol–water partition coefficient (Wildman–Crippen LogP) is 1.57. The van der Waals surface area contributed by atoms with E-state index in [1.807, 2.05) is 0 Å². The number of benzene rings is 1. The Labute approximate surface area is 87.2 Å². The molecule has 1 aromatic rings. The van der Waals surface area contributed by atoms with E-state index in [1.165, 1.54) is 0 Å². The van der Waals surface area contributed by atoms with Gasteiger partial charge in [-0.2, -0.15) is 5.26 Å². The molecule has 0 aliphatic heterocycles. The van der Waals surface area contributed by atoms with E-state index in [0.717, 1.165) is 5.56 Å². The van der Waals surface area contributed by atoms with E-state index in [9.17, 15) is 5.11 Å². The van der Waals surface area contributed by atoms with Crippen molar-refractivity contribution in [1.29, 1.82) is 5.26 Å². The minimum Gasteiger partial charge on any atom is -0.384 e. The maximum Gasteiger partial charge on any atom is 0.170 e. The summed E-state index contributed by atoms with van der Waals surface area (Å²) in [6.07, 6.45) is -2.71. The van der Waals surface area contributed by atoms with Crippen molar-refractivity contribution >= 4 is 11.6 Å². The molecule has 0 fully saturated rings. The molecule has 1 aromatic carbocycles. The van der Waals surface area contributed by atoms with E-state index in [1.54, 1.807) is 31.2 Å². The number of aliphatic hydroxyl groups is 2. The Balaban J connectivity index is 3.08. The first-order valence-electron chi connectivity index (χ1n) is 4.08. The Morgan fingerprint density at radius 3 is 2.64 bits per heavy atom. The molecule has 2 unspecified atom stereocenters. The predicted molar refractivity (Wildman–Crippen MR) is 52.8 cm³/mol. The first kappa shape index (κ1) is 11.0. The number of aryl methyl sites for hydroxylation is 1. The maximum absolute atomic E-state index is 9.54. The number of hydrogen-bond acceptors (Lipinski definition) is 3. The van der Waals surface area contributed by atoms with Crippen LogP contribution in [0.2, 0.25) is 5.02 Å². The summed E-state index contributed by atoms with van der Waals surface area (Å²) in [5, 5.41) is 27.5. The summed E-state index contributed by atoms with van der Waals surface area (Å²) in [4.78, 5) is 0. The summed E-state index contributed by atoms with van der Waals surface area (Å²) in [7, 11) is 0. The van der Waals surface area contributed by atoms with Crippen LogP contribution >= 0.6 is 11.6 Å². The largest absolute Gasteiger partial charge is 0.384 e. The lowest BCUT2D eigenvalue weighted by molar-refractivity contribution is 0.0528. The van der Waals surface area contributed by atoms with Gasteiger partial charge in [-0.05, 0) is 12.5 Å². The molecule has 2 N–H and O–H groups in total. The van der Waals surface area contributed by atoms with Gasteiger partial charge in [-0.3, -0.25) is 0 Å². The van der Waals surface area contributed by atoms with E-state index in [-0.39, 0.29) is 0 Å². The summed E-state index contributed by atoms with van der Waals surface area (Å²) in [6.45, 7) is 1.79. The van der Waals surface area contributed by atoms with Crippen LogP contribution in [0, 0.1) is 18.3 Å². The second-order valence-electron chi connectivity index (χ2n) is 3.00. The SMILES string of the molecule is Cc1cccc(C(O)C(O)C#N)c1Cl. The molecule has 0 amide bonds. The van der Waals surface area contributed by atoms with Gasteiger partial charge in [0.1, 0.15) is 6.10 Å². The Kier molecular flexibility index (Phi) is 3.48. The lowest BCUT2D eigenvalue weighted by Crippen LogP contribution is -2.16. The lowest BCUT2D eigenvalue weighted by Gasteiger charge is -2.14. The number of aliphatic hydroxyl groups excluding tert-OH is 2. The number of halogens is 1. The molecule has 0 aromatic heterocycles. The molecule has 0 heterocycles. The molecule has 0 saturated heterocycles. The quantitative estimate of drug-likeness (QED) is 0.730. The minimum absolute atomic E-state index is 0.376. The fourth-order valence-corrected chi connectivity index (χ4v) is 1.38. The van der Waals surface area contributed by atoms with Crippen molar-refractivity contribution in [2.24, 2.45) is 0 Å². The van der Waals surface area contributed by atoms with E-state index in [2.05, 4.69) is 0 Å². The fraction of sp³-hybridized carbons (Fsp3) is 0.300. The van der Waals surface area contributed by atoms with Gasteiger partial charge in [0.2, 0.25) is 0 Å². The van der Waals surface area contributed by atoms with Gasteiger partial charge in [0.25, 0.3) is 0 Å². The first-order chi connectivity index (χ1) is 6.57. The van der Waals surface area contributed by atoms with E-state index in [0.29, 0.717) is 10.6 Å². The summed E-state index contributed by atoms with van der Waals surface area (Å²) in [5.41, 5.74) is 1.18. The van der Waals surface area contributed by atoms with Gasteiger partial charge < -0.3 is 10.2 Å². The highest BCUT2D eigenvalue weighted by molar-refractivity contribution is 6.32. The van der Waals surface area contributed by atoms with Crippen molar-refractivity contribution in [3.63, 3.8) is 0 Å². The fourth-order valence-electron chi connectivity index (χ4n) is 1.14. The molecule has 2 atom stereocenters. The van der Waals surface area contributed by atoms with Gasteiger partial charge in [-0.25, -0.2) is 0 Å². The molecule has 1 rings (SSSR count). The van der Waals surface area contributed by atoms with E-state index in [4.69, 9.17) is 22.0 Å². The van der Waals surface area contributed by atoms with Crippen LogP contribution in [0.1, 0.15) is 17.2 Å². The van der Waals surface area contributed by atoms with Crippen molar-refractivity contribution in [1.82, 2.24) is 0 Å². The minimum atomic E-state index is -1.45. The average molecular weight is 212 g/mol. The van der Waals surface area contributed by atoms with Gasteiger partial charge in [0.15, 0.2) is 6.10 Å². The van der Waals surface area contributed by atoms with E-state index >= 15 is 0 Å². The third-order valence-corrected chi connectivity index (χ3v) is 2.49. The molecule has 0 aliphatic carbocycles. The second-order valence-corrected chi connectivity index (χ2v) is 3.37. The molecule has 0 radical (unpaired) electrons. The van der Waals surface area contributed by atoms with Crippen molar-refractivity contribution in [3.05, 3.63) is 34.3 Å². The van der Waals surface area contributed by atoms with Gasteiger partial charge >= 0.3 is 0 Å². The molecule has 0 aliphatic rings. The van der Waals surface area contributed by atoms with Crippen molar-refractivity contribution in [3.8, 4) is 6.07 Å². The van der Waals surface area contributed by atoms with Gasteiger partial charge in [0.05, 0.1) is 6.07 Å². The van der Waals surface area contributed by atoms with Crippen LogP contribution < -0.4 is 0 Å². The molecular weight excluding hydrogens is 202 g/mol. The zero-order valence-electron chi connectivity index (χ0n) is 7.61. The van der Waals surface area contributed by atoms with Crippen LogP contribution in [0.3, 0.4) is 0 Å². The molecule has 0 spiro atoms. The van der Waals surface area contributed by atoms with Crippen LogP contribution in [0.25, 0.3) is 0 Å². The average Bonchev–Trinajstić information content (AvgIpc) is 2.20. The third-order valence-electron chi connectivity index (χ3n) is 1.97. The van der Waals surface area contributed by atoms with Crippen LogP contribution in [0.15, 0.2) is 18.2 Å². The summed E-state index contributed by atoms with van der Waals surface area (Å²) in [5.74, 6) is 0. The summed E-state index contributed by atoms with van der Waals surface area (Å²) < 4.78 is 0.